The van der Waals surface area contributed by atoms with E-state index in [0.29, 0.717) is 23.1 Å². The molecule has 0 aliphatic carbocycles. The molecule has 0 radical (unpaired) electrons. The molecular weight excluding hydrogens is 338 g/mol. The molecule has 1 aromatic carbocycles. The lowest BCUT2D eigenvalue weighted by molar-refractivity contribution is 0.102. The van der Waals surface area contributed by atoms with Crippen LogP contribution in [0.25, 0.3) is 0 Å². The van der Waals surface area contributed by atoms with E-state index < -0.39 is 0 Å². The molecule has 2 aromatic heterocycles. The van der Waals surface area contributed by atoms with Crippen LogP contribution in [0.3, 0.4) is 0 Å². The lowest BCUT2D eigenvalue weighted by Gasteiger charge is -2.15. The summed E-state index contributed by atoms with van der Waals surface area (Å²) in [5, 5.41) is 13.7. The second kappa shape index (κ2) is 8.20. The maximum Gasteiger partial charge on any atom is 0.259 e. The zero-order chi connectivity index (χ0) is 17.5. The van der Waals surface area contributed by atoms with Crippen molar-refractivity contribution in [1.82, 2.24) is 15.2 Å². The smallest absolute Gasteiger partial charge is 0.259 e. The minimum Gasteiger partial charge on any atom is -0.489 e. The maximum atomic E-state index is 12.0. The van der Waals surface area contributed by atoms with Gasteiger partial charge in [0.2, 0.25) is 5.13 Å². The molecule has 1 atom stereocenters. The SMILES string of the molecule is CC(CNc1ccc(C(=O)Nc2nncs2)cn1)Oc1ccccc1. The third kappa shape index (κ3) is 4.98. The van der Waals surface area contributed by atoms with Crippen molar-refractivity contribution < 1.29 is 9.53 Å². The average molecular weight is 355 g/mol. The molecule has 2 heterocycles. The summed E-state index contributed by atoms with van der Waals surface area (Å²) in [6, 6.07) is 13.1. The predicted molar refractivity (Wildman–Crippen MR) is 97.1 cm³/mol. The minimum absolute atomic E-state index is 0.0235. The number of rotatable bonds is 7. The van der Waals surface area contributed by atoms with Gasteiger partial charge in [0.15, 0.2) is 0 Å². The summed E-state index contributed by atoms with van der Waals surface area (Å²) in [6.07, 6.45) is 1.49. The number of carbonyl (C=O) groups is 1. The van der Waals surface area contributed by atoms with Gasteiger partial charge in [-0.05, 0) is 31.2 Å². The van der Waals surface area contributed by atoms with Crippen LogP contribution >= 0.6 is 11.3 Å². The van der Waals surface area contributed by atoms with Gasteiger partial charge in [0.1, 0.15) is 23.2 Å². The highest BCUT2D eigenvalue weighted by atomic mass is 32.1. The van der Waals surface area contributed by atoms with Crippen molar-refractivity contribution in [3.05, 3.63) is 59.7 Å². The van der Waals surface area contributed by atoms with Crippen LogP contribution in [-0.4, -0.2) is 33.7 Å². The number of nitrogens with zero attached hydrogens (tertiary/aromatic N) is 3. The van der Waals surface area contributed by atoms with E-state index in [1.165, 1.54) is 17.5 Å². The quantitative estimate of drug-likeness (QED) is 0.677. The summed E-state index contributed by atoms with van der Waals surface area (Å²) in [4.78, 5) is 16.3. The van der Waals surface area contributed by atoms with E-state index in [9.17, 15) is 4.79 Å². The molecular formula is C17H17N5O2S. The third-order valence-electron chi connectivity index (χ3n) is 3.26. The van der Waals surface area contributed by atoms with E-state index in [1.807, 2.05) is 37.3 Å². The van der Waals surface area contributed by atoms with Crippen molar-refractivity contribution in [2.45, 2.75) is 13.0 Å². The molecule has 25 heavy (non-hydrogen) atoms. The summed E-state index contributed by atoms with van der Waals surface area (Å²) >= 11 is 1.26. The summed E-state index contributed by atoms with van der Waals surface area (Å²) in [7, 11) is 0. The molecule has 2 N–H and O–H groups in total. The highest BCUT2D eigenvalue weighted by Crippen LogP contribution is 2.13. The second-order valence-corrected chi connectivity index (χ2v) is 6.09. The lowest BCUT2D eigenvalue weighted by atomic mass is 10.2. The topological polar surface area (TPSA) is 89.0 Å². The Labute approximate surface area is 149 Å². The van der Waals surface area contributed by atoms with Crippen LogP contribution in [0, 0.1) is 0 Å². The highest BCUT2D eigenvalue weighted by molar-refractivity contribution is 7.13. The van der Waals surface area contributed by atoms with Crippen molar-refractivity contribution in [1.29, 1.82) is 0 Å². The molecule has 3 rings (SSSR count). The Kier molecular flexibility index (Phi) is 5.53. The number of nitrogens with one attached hydrogen (secondary N) is 2. The molecule has 0 saturated heterocycles. The van der Waals surface area contributed by atoms with Gasteiger partial charge in [-0.25, -0.2) is 4.98 Å². The monoisotopic (exact) mass is 355 g/mol. The number of aromatic nitrogens is 3. The van der Waals surface area contributed by atoms with E-state index in [-0.39, 0.29) is 12.0 Å². The van der Waals surface area contributed by atoms with Crippen LogP contribution in [0.4, 0.5) is 10.9 Å². The van der Waals surface area contributed by atoms with Gasteiger partial charge in [0.05, 0.1) is 12.1 Å². The van der Waals surface area contributed by atoms with Crippen molar-refractivity contribution in [2.75, 3.05) is 17.2 Å². The van der Waals surface area contributed by atoms with Gasteiger partial charge in [-0.3, -0.25) is 10.1 Å². The largest absolute Gasteiger partial charge is 0.489 e. The van der Waals surface area contributed by atoms with Crippen molar-refractivity contribution in [2.24, 2.45) is 0 Å². The number of carbonyl (C=O) groups excluding carboxylic acids is 1. The van der Waals surface area contributed by atoms with Gasteiger partial charge in [-0.1, -0.05) is 29.5 Å². The molecule has 0 spiro atoms. The number of anilines is 2. The normalized spacial score (nSPS) is 11.6. The van der Waals surface area contributed by atoms with Gasteiger partial charge in [0.25, 0.3) is 5.91 Å². The summed E-state index contributed by atoms with van der Waals surface area (Å²) in [6.45, 7) is 2.57. The molecule has 8 heteroatoms. The first-order valence-corrected chi connectivity index (χ1v) is 8.58. The molecule has 0 fully saturated rings. The highest BCUT2D eigenvalue weighted by Gasteiger charge is 2.09. The van der Waals surface area contributed by atoms with E-state index in [4.69, 9.17) is 4.74 Å². The number of ether oxygens (including phenoxy) is 1. The minimum atomic E-state index is -0.267. The first-order chi connectivity index (χ1) is 12.2. The Morgan fingerprint density at radius 3 is 2.76 bits per heavy atom. The fourth-order valence-corrected chi connectivity index (χ4v) is 2.49. The van der Waals surface area contributed by atoms with Crippen LogP contribution in [0.1, 0.15) is 17.3 Å². The Bertz CT molecular complexity index is 794. The average Bonchev–Trinajstić information content (AvgIpc) is 3.14. The lowest BCUT2D eigenvalue weighted by Crippen LogP contribution is -2.23. The van der Waals surface area contributed by atoms with E-state index in [0.717, 1.165) is 5.75 Å². The second-order valence-electron chi connectivity index (χ2n) is 5.25. The van der Waals surface area contributed by atoms with Crippen LogP contribution in [-0.2, 0) is 0 Å². The molecule has 0 bridgehead atoms. The van der Waals surface area contributed by atoms with Crippen LogP contribution in [0.5, 0.6) is 5.75 Å². The predicted octanol–water partition coefficient (Wildman–Crippen LogP) is 3.06. The fraction of sp³-hybridized carbons (Fsp3) is 0.176. The molecule has 1 amide bonds. The maximum absolute atomic E-state index is 12.0. The first kappa shape index (κ1) is 16.8. The number of hydrogen-bond acceptors (Lipinski definition) is 7. The number of amides is 1. The number of pyridine rings is 1. The summed E-state index contributed by atoms with van der Waals surface area (Å²) in [5.41, 5.74) is 2.01. The van der Waals surface area contributed by atoms with Crippen LogP contribution < -0.4 is 15.4 Å². The van der Waals surface area contributed by atoms with E-state index >= 15 is 0 Å². The summed E-state index contributed by atoms with van der Waals surface area (Å²) in [5.74, 6) is 1.24. The van der Waals surface area contributed by atoms with Crippen molar-refractivity contribution >= 4 is 28.2 Å². The molecule has 0 aliphatic rings. The van der Waals surface area contributed by atoms with E-state index in [1.54, 1.807) is 17.6 Å². The number of benzene rings is 1. The van der Waals surface area contributed by atoms with Gasteiger partial charge >= 0.3 is 0 Å². The van der Waals surface area contributed by atoms with Crippen LogP contribution in [0.2, 0.25) is 0 Å². The molecule has 128 valence electrons. The molecule has 0 saturated carbocycles. The zero-order valence-corrected chi connectivity index (χ0v) is 14.4. The van der Waals surface area contributed by atoms with Crippen molar-refractivity contribution in [3.63, 3.8) is 0 Å². The Hall–Kier alpha value is -3.00. The van der Waals surface area contributed by atoms with E-state index in [2.05, 4.69) is 25.8 Å². The molecule has 3 aromatic rings. The van der Waals surface area contributed by atoms with Crippen molar-refractivity contribution in [3.8, 4) is 5.75 Å². The van der Waals surface area contributed by atoms with Gasteiger partial charge < -0.3 is 10.1 Å². The number of para-hydroxylation sites is 1. The fourth-order valence-electron chi connectivity index (χ4n) is 2.05. The first-order valence-electron chi connectivity index (χ1n) is 7.70. The Balaban J connectivity index is 1.49. The van der Waals surface area contributed by atoms with Gasteiger partial charge in [-0.15, -0.1) is 10.2 Å². The Morgan fingerprint density at radius 2 is 2.08 bits per heavy atom. The Morgan fingerprint density at radius 1 is 1.24 bits per heavy atom. The van der Waals surface area contributed by atoms with Gasteiger partial charge in [-0.2, -0.15) is 0 Å². The summed E-state index contributed by atoms with van der Waals surface area (Å²) < 4.78 is 5.79. The van der Waals surface area contributed by atoms with Crippen LogP contribution in [0.15, 0.2) is 54.2 Å². The molecule has 0 aliphatic heterocycles. The third-order valence-corrected chi connectivity index (χ3v) is 3.86. The standard InChI is InChI=1S/C17H17N5O2S/c1-12(24-14-5-3-2-4-6-14)9-18-15-8-7-13(10-19-15)16(23)21-17-22-20-11-25-17/h2-8,10-12H,9H2,1H3,(H,18,19)(H,21,22,23). The van der Waals surface area contributed by atoms with Gasteiger partial charge in [0, 0.05) is 6.20 Å². The zero-order valence-electron chi connectivity index (χ0n) is 13.5. The number of hydrogen-bond donors (Lipinski definition) is 2. The molecule has 1 unspecified atom stereocenters. The molecule has 7 nitrogen and oxygen atoms in total.